The van der Waals surface area contributed by atoms with Crippen LogP contribution >= 0.6 is 0 Å². The minimum atomic E-state index is 0.0388. The first-order chi connectivity index (χ1) is 13.0. The average Bonchev–Trinajstić information content (AvgIpc) is 3.07. The highest BCUT2D eigenvalue weighted by Gasteiger charge is 2.34. The van der Waals surface area contributed by atoms with Crippen molar-refractivity contribution in [2.45, 2.75) is 32.2 Å². The van der Waals surface area contributed by atoms with E-state index in [1.54, 1.807) is 0 Å². The lowest BCUT2D eigenvalue weighted by Crippen LogP contribution is -2.50. The van der Waals surface area contributed by atoms with E-state index in [1.807, 2.05) is 48.2 Å². The van der Waals surface area contributed by atoms with Gasteiger partial charge in [-0.1, -0.05) is 30.3 Å². The Hall–Kier alpha value is -2.11. The molecule has 0 aliphatic carbocycles. The third kappa shape index (κ3) is 4.42. The largest absolute Gasteiger partial charge is 0.461 e. The Kier molecular flexibility index (Phi) is 6.34. The molecule has 5 nitrogen and oxygen atoms in total. The van der Waals surface area contributed by atoms with Gasteiger partial charge in [0.05, 0.1) is 5.56 Å². The van der Waals surface area contributed by atoms with Gasteiger partial charge in [-0.2, -0.15) is 0 Å². The van der Waals surface area contributed by atoms with Crippen LogP contribution in [0.1, 0.15) is 35.4 Å². The highest BCUT2D eigenvalue weighted by atomic mass is 16.3. The molecule has 1 saturated heterocycles. The van der Waals surface area contributed by atoms with Gasteiger partial charge in [0.15, 0.2) is 0 Å². The van der Waals surface area contributed by atoms with Crippen LogP contribution < -0.4 is 0 Å². The summed E-state index contributed by atoms with van der Waals surface area (Å²) < 4.78 is 5.87. The highest BCUT2D eigenvalue weighted by Crippen LogP contribution is 2.31. The van der Waals surface area contributed by atoms with Crippen LogP contribution in [0, 0.1) is 12.8 Å². The Balaban J connectivity index is 1.82. The van der Waals surface area contributed by atoms with Crippen molar-refractivity contribution < 1.29 is 14.3 Å². The summed E-state index contributed by atoms with van der Waals surface area (Å²) in [5, 5.41) is 9.23. The molecule has 2 aromatic rings. The smallest absolute Gasteiger partial charge is 0.257 e. The molecule has 1 aromatic heterocycles. The van der Waals surface area contributed by atoms with Gasteiger partial charge >= 0.3 is 0 Å². The maximum absolute atomic E-state index is 13.3. The summed E-state index contributed by atoms with van der Waals surface area (Å²) in [6, 6.07) is 12.1. The van der Waals surface area contributed by atoms with Crippen molar-refractivity contribution in [1.82, 2.24) is 9.80 Å². The van der Waals surface area contributed by atoms with Crippen molar-refractivity contribution in [3.63, 3.8) is 0 Å². The maximum atomic E-state index is 13.3. The second-order valence-corrected chi connectivity index (χ2v) is 7.66. The predicted octanol–water partition coefficient (Wildman–Crippen LogP) is 3.42. The second-order valence-electron chi connectivity index (χ2n) is 7.66. The fraction of sp³-hybridized carbons (Fsp3) is 0.500. The number of aryl methyl sites for hydroxylation is 1. The molecule has 1 aromatic carbocycles. The quantitative estimate of drug-likeness (QED) is 0.846. The van der Waals surface area contributed by atoms with Crippen LogP contribution in [-0.2, 0) is 0 Å². The summed E-state index contributed by atoms with van der Waals surface area (Å²) in [5.74, 6) is 1.81. The number of aliphatic hydroxyl groups is 1. The van der Waals surface area contributed by atoms with Gasteiger partial charge in [-0.05, 0) is 52.3 Å². The van der Waals surface area contributed by atoms with E-state index in [2.05, 4.69) is 19.0 Å². The zero-order chi connectivity index (χ0) is 19.4. The number of carbonyl (C=O) groups is 1. The molecule has 3 rings (SSSR count). The zero-order valence-electron chi connectivity index (χ0n) is 16.5. The van der Waals surface area contributed by atoms with Crippen LogP contribution in [0.3, 0.4) is 0 Å². The first-order valence-electron chi connectivity index (χ1n) is 9.73. The number of furan rings is 1. The van der Waals surface area contributed by atoms with Crippen molar-refractivity contribution >= 4 is 5.91 Å². The van der Waals surface area contributed by atoms with Crippen molar-refractivity contribution in [2.75, 3.05) is 33.8 Å². The van der Waals surface area contributed by atoms with Gasteiger partial charge in [-0.15, -0.1) is 0 Å². The van der Waals surface area contributed by atoms with E-state index >= 15 is 0 Å². The van der Waals surface area contributed by atoms with E-state index in [4.69, 9.17) is 4.42 Å². The Labute approximate surface area is 161 Å². The van der Waals surface area contributed by atoms with E-state index < -0.39 is 0 Å². The zero-order valence-corrected chi connectivity index (χ0v) is 16.5. The molecular formula is C22H30N2O3. The summed E-state index contributed by atoms with van der Waals surface area (Å²) in [6.45, 7) is 3.55. The summed E-state index contributed by atoms with van der Waals surface area (Å²) in [4.78, 5) is 17.5. The molecule has 27 heavy (non-hydrogen) atoms. The molecule has 2 atom stereocenters. The summed E-state index contributed by atoms with van der Waals surface area (Å²) in [6.07, 6.45) is 2.66. The second kappa shape index (κ2) is 8.72. The first-order valence-corrected chi connectivity index (χ1v) is 9.73. The van der Waals surface area contributed by atoms with Crippen LogP contribution in [0.25, 0.3) is 11.3 Å². The number of carbonyl (C=O) groups excluding carboxylic acids is 1. The molecule has 5 heteroatoms. The monoisotopic (exact) mass is 370 g/mol. The fourth-order valence-electron chi connectivity index (χ4n) is 4.17. The predicted molar refractivity (Wildman–Crippen MR) is 107 cm³/mol. The first kappa shape index (κ1) is 19.6. The number of likely N-dealkylation sites (tertiary alicyclic amines) is 1. The van der Waals surface area contributed by atoms with Gasteiger partial charge < -0.3 is 19.3 Å². The van der Waals surface area contributed by atoms with E-state index in [0.717, 1.165) is 43.7 Å². The Morgan fingerprint density at radius 1 is 1.30 bits per heavy atom. The number of amides is 1. The number of nitrogens with zero attached hydrogens (tertiary/aromatic N) is 2. The Morgan fingerprint density at radius 3 is 2.70 bits per heavy atom. The molecular weight excluding hydrogens is 340 g/mol. The van der Waals surface area contributed by atoms with Gasteiger partial charge in [0.1, 0.15) is 11.5 Å². The summed E-state index contributed by atoms with van der Waals surface area (Å²) in [7, 11) is 4.20. The topological polar surface area (TPSA) is 56.9 Å². The van der Waals surface area contributed by atoms with Gasteiger partial charge in [0.2, 0.25) is 0 Å². The van der Waals surface area contributed by atoms with Crippen LogP contribution in [-0.4, -0.2) is 60.6 Å². The molecule has 0 saturated carbocycles. The third-order valence-corrected chi connectivity index (χ3v) is 5.50. The lowest BCUT2D eigenvalue weighted by atomic mass is 9.87. The van der Waals surface area contributed by atoms with Crippen molar-refractivity contribution in [3.8, 4) is 11.3 Å². The third-order valence-electron chi connectivity index (χ3n) is 5.50. The summed E-state index contributed by atoms with van der Waals surface area (Å²) >= 11 is 0. The molecule has 146 valence electrons. The average molecular weight is 370 g/mol. The number of benzene rings is 1. The molecule has 1 aliphatic heterocycles. The van der Waals surface area contributed by atoms with E-state index in [0.29, 0.717) is 23.3 Å². The van der Waals surface area contributed by atoms with Gasteiger partial charge in [-0.3, -0.25) is 4.79 Å². The molecule has 1 N–H and O–H groups in total. The van der Waals surface area contributed by atoms with E-state index in [9.17, 15) is 9.90 Å². The minimum absolute atomic E-state index is 0.0388. The number of rotatable bonds is 6. The molecule has 0 unspecified atom stereocenters. The van der Waals surface area contributed by atoms with Crippen LogP contribution in [0.4, 0.5) is 0 Å². The van der Waals surface area contributed by atoms with Gasteiger partial charge in [0, 0.05) is 31.3 Å². The Morgan fingerprint density at radius 2 is 2.04 bits per heavy atom. The molecule has 1 amide bonds. The maximum Gasteiger partial charge on any atom is 0.257 e. The van der Waals surface area contributed by atoms with Gasteiger partial charge in [-0.25, -0.2) is 0 Å². The van der Waals surface area contributed by atoms with Crippen molar-refractivity contribution in [1.29, 1.82) is 0 Å². The van der Waals surface area contributed by atoms with Crippen LogP contribution in [0.5, 0.6) is 0 Å². The molecule has 0 spiro atoms. The Bertz CT molecular complexity index is 754. The number of hydrogen-bond acceptors (Lipinski definition) is 4. The normalized spacial score (nSPS) is 20.3. The van der Waals surface area contributed by atoms with E-state index in [1.165, 1.54) is 0 Å². The fourth-order valence-corrected chi connectivity index (χ4v) is 4.17. The molecule has 2 heterocycles. The van der Waals surface area contributed by atoms with Crippen molar-refractivity contribution in [2.24, 2.45) is 5.92 Å². The van der Waals surface area contributed by atoms with E-state index in [-0.39, 0.29) is 12.5 Å². The highest BCUT2D eigenvalue weighted by molar-refractivity contribution is 6.00. The lowest BCUT2D eigenvalue weighted by molar-refractivity contribution is 0.0496. The SMILES string of the molecule is Cc1cc(C(=O)N2CC[C@H](N(C)C)[C@H](CCCO)C2)c(-c2ccccc2)o1. The number of aliphatic hydroxyl groups excluding tert-OH is 1. The number of hydrogen-bond donors (Lipinski definition) is 1. The minimum Gasteiger partial charge on any atom is -0.461 e. The van der Waals surface area contributed by atoms with Crippen molar-refractivity contribution in [3.05, 3.63) is 47.7 Å². The van der Waals surface area contributed by atoms with Crippen LogP contribution in [0.15, 0.2) is 40.8 Å². The number of piperidine rings is 1. The molecule has 0 bridgehead atoms. The standard InChI is InChI=1S/C22H30N2O3/c1-16-14-19(21(27-16)17-8-5-4-6-9-17)22(26)24-12-11-20(23(2)3)18(15-24)10-7-13-25/h4-6,8-9,14,18,20,25H,7,10-13,15H2,1-3H3/t18-,20+/m1/s1. The molecule has 0 radical (unpaired) electrons. The van der Waals surface area contributed by atoms with Crippen LogP contribution in [0.2, 0.25) is 0 Å². The molecule has 1 aliphatic rings. The molecule has 1 fully saturated rings. The summed E-state index contributed by atoms with van der Waals surface area (Å²) in [5.41, 5.74) is 1.57. The lowest BCUT2D eigenvalue weighted by Gasteiger charge is -2.41. The van der Waals surface area contributed by atoms with Gasteiger partial charge in [0.25, 0.3) is 5.91 Å².